The average molecular weight is 389 g/mol. The fraction of sp³-hybridized carbons (Fsp3) is 0.381. The normalized spacial score (nSPS) is 12.7. The van der Waals surface area contributed by atoms with E-state index in [0.717, 1.165) is 5.56 Å². The molecule has 0 aliphatic carbocycles. The lowest BCUT2D eigenvalue weighted by Gasteiger charge is -2.22. The summed E-state index contributed by atoms with van der Waals surface area (Å²) in [6.07, 6.45) is 0.102. The minimum absolute atomic E-state index is 0.0692. The molecule has 1 unspecified atom stereocenters. The summed E-state index contributed by atoms with van der Waals surface area (Å²) in [5.74, 6) is 0.440. The van der Waals surface area contributed by atoms with Crippen molar-refractivity contribution in [3.05, 3.63) is 65.7 Å². The number of amides is 1. The second-order valence-corrected chi connectivity index (χ2v) is 8.79. The van der Waals surface area contributed by atoms with Crippen molar-refractivity contribution in [2.45, 2.75) is 38.0 Å². The van der Waals surface area contributed by atoms with Gasteiger partial charge in [0.1, 0.15) is 0 Å². The van der Waals surface area contributed by atoms with Crippen molar-refractivity contribution in [1.29, 1.82) is 0 Å². The Hall–Kier alpha value is -2.18. The molecule has 1 atom stereocenters. The third-order valence-electron chi connectivity index (χ3n) is 4.53. The van der Waals surface area contributed by atoms with Crippen molar-refractivity contribution >= 4 is 15.9 Å². The number of nitrogens with one attached hydrogen (secondary N) is 2. The van der Waals surface area contributed by atoms with Crippen molar-refractivity contribution in [2.24, 2.45) is 5.92 Å². The second-order valence-electron chi connectivity index (χ2n) is 7.03. The van der Waals surface area contributed by atoms with Crippen molar-refractivity contribution < 1.29 is 13.2 Å². The molecule has 0 aliphatic rings. The minimum Gasteiger partial charge on any atom is -0.355 e. The van der Waals surface area contributed by atoms with Gasteiger partial charge in [0.2, 0.25) is 15.9 Å². The predicted molar refractivity (Wildman–Crippen MR) is 108 cm³/mol. The Kier molecular flexibility index (Phi) is 7.56. The molecular formula is C21H28N2O3S. The number of carbonyl (C=O) groups is 1. The molecule has 146 valence electrons. The fourth-order valence-electron chi connectivity index (χ4n) is 2.85. The molecule has 6 heteroatoms. The second kappa shape index (κ2) is 9.67. The molecule has 2 aromatic rings. The smallest absolute Gasteiger partial charge is 0.240 e. The molecule has 0 bridgehead atoms. The third-order valence-corrected chi connectivity index (χ3v) is 6.00. The average Bonchev–Trinajstić information content (AvgIpc) is 2.62. The van der Waals surface area contributed by atoms with Gasteiger partial charge in [0.15, 0.2) is 0 Å². The Balaban J connectivity index is 1.82. The van der Waals surface area contributed by atoms with Crippen LogP contribution < -0.4 is 10.0 Å². The Bertz CT molecular complexity index is 831. The summed E-state index contributed by atoms with van der Waals surface area (Å²) in [7, 11) is -3.59. The van der Waals surface area contributed by atoms with Gasteiger partial charge in [-0.3, -0.25) is 4.79 Å². The van der Waals surface area contributed by atoms with E-state index >= 15 is 0 Å². The van der Waals surface area contributed by atoms with Gasteiger partial charge in [0.25, 0.3) is 0 Å². The molecular weight excluding hydrogens is 360 g/mol. The van der Waals surface area contributed by atoms with E-state index in [1.165, 1.54) is 5.56 Å². The van der Waals surface area contributed by atoms with Gasteiger partial charge in [0.05, 0.1) is 4.90 Å². The first-order chi connectivity index (χ1) is 12.8. The van der Waals surface area contributed by atoms with E-state index in [1.807, 2.05) is 25.1 Å². The highest BCUT2D eigenvalue weighted by atomic mass is 32.2. The van der Waals surface area contributed by atoms with Crippen molar-refractivity contribution in [3.8, 4) is 0 Å². The molecule has 1 amide bonds. The molecule has 0 saturated carbocycles. The molecule has 27 heavy (non-hydrogen) atoms. The molecule has 0 saturated heterocycles. The van der Waals surface area contributed by atoms with Gasteiger partial charge in [-0.05, 0) is 30.5 Å². The van der Waals surface area contributed by atoms with Gasteiger partial charge >= 0.3 is 0 Å². The summed E-state index contributed by atoms with van der Waals surface area (Å²) in [5.41, 5.74) is 2.18. The minimum atomic E-state index is -3.59. The lowest BCUT2D eigenvalue weighted by atomic mass is 9.88. The number of hydrogen-bond donors (Lipinski definition) is 2. The van der Waals surface area contributed by atoms with E-state index in [2.05, 4.69) is 36.0 Å². The van der Waals surface area contributed by atoms with E-state index in [4.69, 9.17) is 0 Å². The topological polar surface area (TPSA) is 75.3 Å². The van der Waals surface area contributed by atoms with Crippen LogP contribution in [0.5, 0.6) is 0 Å². The number of rotatable bonds is 9. The zero-order valence-corrected chi connectivity index (χ0v) is 16.9. The molecule has 2 N–H and O–H groups in total. The van der Waals surface area contributed by atoms with Crippen molar-refractivity contribution in [1.82, 2.24) is 10.0 Å². The molecule has 0 aromatic heterocycles. The molecule has 2 aromatic carbocycles. The number of aryl methyl sites for hydroxylation is 1. The molecule has 0 radical (unpaired) electrons. The van der Waals surface area contributed by atoms with Crippen LogP contribution in [0.25, 0.3) is 0 Å². The summed E-state index contributed by atoms with van der Waals surface area (Å²) >= 11 is 0. The highest BCUT2D eigenvalue weighted by Gasteiger charge is 2.17. The van der Waals surface area contributed by atoms with Crippen molar-refractivity contribution in [3.63, 3.8) is 0 Å². The largest absolute Gasteiger partial charge is 0.355 e. The zero-order valence-electron chi connectivity index (χ0n) is 16.1. The lowest BCUT2D eigenvalue weighted by molar-refractivity contribution is -0.121. The van der Waals surface area contributed by atoms with Gasteiger partial charge in [-0.25, -0.2) is 13.1 Å². The van der Waals surface area contributed by atoms with E-state index in [0.29, 0.717) is 12.5 Å². The van der Waals surface area contributed by atoms with Crippen LogP contribution in [0.2, 0.25) is 0 Å². The van der Waals surface area contributed by atoms with E-state index in [1.54, 1.807) is 24.3 Å². The first-order valence-electron chi connectivity index (χ1n) is 9.17. The molecule has 0 heterocycles. The van der Waals surface area contributed by atoms with E-state index < -0.39 is 10.0 Å². The van der Waals surface area contributed by atoms with Gasteiger partial charge in [0, 0.05) is 25.4 Å². The maximum atomic E-state index is 12.2. The summed E-state index contributed by atoms with van der Waals surface area (Å²) in [5, 5.41) is 2.92. The number of hydrogen-bond acceptors (Lipinski definition) is 3. The molecule has 0 spiro atoms. The Labute approximate surface area is 162 Å². The molecule has 2 rings (SSSR count). The molecule has 0 aliphatic heterocycles. The monoisotopic (exact) mass is 388 g/mol. The first-order valence-corrected chi connectivity index (χ1v) is 10.7. The van der Waals surface area contributed by atoms with Crippen LogP contribution in [0, 0.1) is 12.8 Å². The van der Waals surface area contributed by atoms with Gasteiger partial charge < -0.3 is 5.32 Å². The molecule has 5 nitrogen and oxygen atoms in total. The standard InChI is InChI=1S/C21H28N2O3S/c1-16(2)20(18-7-5-4-6-8-18)15-22-21(24)13-14-23-27(25,26)19-11-9-17(3)10-12-19/h4-12,16,20,23H,13-15H2,1-3H3,(H,22,24). The highest BCUT2D eigenvalue weighted by Crippen LogP contribution is 2.23. The maximum Gasteiger partial charge on any atom is 0.240 e. The first kappa shape index (κ1) is 21.1. The Morgan fingerprint density at radius 3 is 2.22 bits per heavy atom. The van der Waals surface area contributed by atoms with Gasteiger partial charge in [-0.2, -0.15) is 0 Å². The predicted octanol–water partition coefficient (Wildman–Crippen LogP) is 3.22. The summed E-state index contributed by atoms with van der Waals surface area (Å²) in [6, 6.07) is 16.7. The highest BCUT2D eigenvalue weighted by molar-refractivity contribution is 7.89. The third kappa shape index (κ3) is 6.48. The molecule has 0 fully saturated rings. The van der Waals surface area contributed by atoms with Gasteiger partial charge in [-0.15, -0.1) is 0 Å². The maximum absolute atomic E-state index is 12.2. The van der Waals surface area contributed by atoms with Crippen LogP contribution in [-0.2, 0) is 14.8 Å². The Morgan fingerprint density at radius 1 is 1.00 bits per heavy atom. The van der Waals surface area contributed by atoms with E-state index in [-0.39, 0.29) is 29.7 Å². The van der Waals surface area contributed by atoms with Crippen LogP contribution in [0.1, 0.15) is 37.3 Å². The van der Waals surface area contributed by atoms with Crippen LogP contribution in [0.15, 0.2) is 59.5 Å². The van der Waals surface area contributed by atoms with Crippen molar-refractivity contribution in [2.75, 3.05) is 13.1 Å². The van der Waals surface area contributed by atoms with Crippen LogP contribution in [0.3, 0.4) is 0 Å². The number of sulfonamides is 1. The van der Waals surface area contributed by atoms with Gasteiger partial charge in [-0.1, -0.05) is 61.9 Å². The summed E-state index contributed by atoms with van der Waals surface area (Å²) in [6.45, 7) is 6.75. The van der Waals surface area contributed by atoms with Crippen LogP contribution in [-0.4, -0.2) is 27.4 Å². The van der Waals surface area contributed by atoms with Crippen LogP contribution in [0.4, 0.5) is 0 Å². The fourth-order valence-corrected chi connectivity index (χ4v) is 3.88. The number of carbonyl (C=O) groups excluding carboxylic acids is 1. The van der Waals surface area contributed by atoms with E-state index in [9.17, 15) is 13.2 Å². The Morgan fingerprint density at radius 2 is 1.63 bits per heavy atom. The van der Waals surface area contributed by atoms with Crippen LogP contribution >= 0.6 is 0 Å². The zero-order chi connectivity index (χ0) is 19.9. The SMILES string of the molecule is Cc1ccc(S(=O)(=O)NCCC(=O)NCC(c2ccccc2)C(C)C)cc1. The lowest BCUT2D eigenvalue weighted by Crippen LogP contribution is -2.33. The summed E-state index contributed by atoms with van der Waals surface area (Å²) < 4.78 is 26.9. The summed E-state index contributed by atoms with van der Waals surface area (Å²) in [4.78, 5) is 12.3. The number of benzene rings is 2. The quantitative estimate of drug-likeness (QED) is 0.693.